The number of nitrogens with two attached hydrogens (primary N) is 1. The molecule has 0 radical (unpaired) electrons. The second-order valence-corrected chi connectivity index (χ2v) is 7.69. The van der Waals surface area contributed by atoms with E-state index in [2.05, 4.69) is 24.8 Å². The Morgan fingerprint density at radius 1 is 1.33 bits per heavy atom. The van der Waals surface area contributed by atoms with E-state index in [-0.39, 0.29) is 17.3 Å². The molecule has 1 spiro atoms. The van der Waals surface area contributed by atoms with E-state index in [1.807, 2.05) is 4.90 Å². The maximum atomic E-state index is 12.4. The Labute approximate surface area is 158 Å². The lowest BCUT2D eigenvalue weighted by Crippen LogP contribution is -2.54. The van der Waals surface area contributed by atoms with Gasteiger partial charge in [0.25, 0.3) is 0 Å². The lowest BCUT2D eigenvalue weighted by Gasteiger charge is -2.48. The quantitative estimate of drug-likeness (QED) is 0.757. The number of nitrogen functional groups attached to an aromatic ring is 1. The van der Waals surface area contributed by atoms with E-state index in [1.54, 1.807) is 13.4 Å². The van der Waals surface area contributed by atoms with Gasteiger partial charge in [-0.2, -0.15) is 9.97 Å². The van der Waals surface area contributed by atoms with Crippen LogP contribution in [-0.2, 0) is 9.53 Å². The summed E-state index contributed by atoms with van der Waals surface area (Å²) in [6.45, 7) is 4.04. The van der Waals surface area contributed by atoms with Crippen LogP contribution in [0.3, 0.4) is 0 Å². The highest BCUT2D eigenvalue weighted by Crippen LogP contribution is 2.40. The van der Waals surface area contributed by atoms with Gasteiger partial charge >= 0.3 is 0 Å². The van der Waals surface area contributed by atoms with Crippen molar-refractivity contribution in [2.45, 2.75) is 32.1 Å². The first-order chi connectivity index (χ1) is 13.1. The first-order valence-electron chi connectivity index (χ1n) is 9.58. The molecule has 3 N–H and O–H groups in total. The molecule has 0 aromatic carbocycles. The maximum Gasteiger partial charge on any atom is 0.224 e. The molecule has 146 valence electrons. The van der Waals surface area contributed by atoms with Gasteiger partial charge in [-0.1, -0.05) is 0 Å². The van der Waals surface area contributed by atoms with Crippen molar-refractivity contribution in [1.82, 2.24) is 24.8 Å². The number of rotatable bonds is 5. The van der Waals surface area contributed by atoms with Gasteiger partial charge in [-0.15, -0.1) is 0 Å². The lowest BCUT2D eigenvalue weighted by atomic mass is 9.73. The monoisotopic (exact) mass is 373 g/mol. The smallest absolute Gasteiger partial charge is 0.224 e. The minimum atomic E-state index is 0.102. The molecule has 1 unspecified atom stereocenters. The third kappa shape index (κ3) is 3.55. The molecule has 27 heavy (non-hydrogen) atoms. The van der Waals surface area contributed by atoms with Crippen molar-refractivity contribution in [3.05, 3.63) is 6.33 Å². The Morgan fingerprint density at radius 3 is 3.07 bits per heavy atom. The molecule has 4 heterocycles. The SMILES string of the molecule is COCCCN1CC2(CCCN(c3nc(N)nc4nc[nH]c34)C2)CCC1=O. The molecule has 0 aliphatic carbocycles. The third-order valence-corrected chi connectivity index (χ3v) is 5.77. The predicted octanol–water partition coefficient (Wildman–Crippen LogP) is 1.18. The van der Waals surface area contributed by atoms with Gasteiger partial charge in [-0.05, 0) is 25.7 Å². The normalized spacial score (nSPS) is 23.5. The number of ether oxygens (including phenoxy) is 1. The van der Waals surface area contributed by atoms with Crippen molar-refractivity contribution >= 4 is 28.8 Å². The second kappa shape index (κ2) is 7.30. The molecule has 2 saturated heterocycles. The van der Waals surface area contributed by atoms with Gasteiger partial charge in [0.05, 0.1) is 6.33 Å². The van der Waals surface area contributed by atoms with Crippen LogP contribution in [0.1, 0.15) is 32.1 Å². The van der Waals surface area contributed by atoms with Crippen molar-refractivity contribution in [2.75, 3.05) is 50.5 Å². The number of amides is 1. The number of aromatic amines is 1. The number of H-pyrrole nitrogens is 1. The number of nitrogens with zero attached hydrogens (tertiary/aromatic N) is 5. The van der Waals surface area contributed by atoms with Gasteiger partial charge in [-0.25, -0.2) is 4.98 Å². The zero-order chi connectivity index (χ0) is 18.9. The first-order valence-corrected chi connectivity index (χ1v) is 9.58. The number of aromatic nitrogens is 4. The van der Waals surface area contributed by atoms with Crippen LogP contribution in [0.25, 0.3) is 11.2 Å². The summed E-state index contributed by atoms with van der Waals surface area (Å²) in [4.78, 5) is 32.7. The number of carbonyl (C=O) groups is 1. The highest BCUT2D eigenvalue weighted by molar-refractivity contribution is 5.84. The Bertz CT molecular complexity index is 823. The minimum absolute atomic E-state index is 0.102. The number of carbonyl (C=O) groups excluding carboxylic acids is 1. The molecule has 2 aromatic heterocycles. The maximum absolute atomic E-state index is 12.4. The fourth-order valence-electron chi connectivity index (χ4n) is 4.49. The Kier molecular flexibility index (Phi) is 4.86. The molecule has 1 amide bonds. The van der Waals surface area contributed by atoms with Crippen LogP contribution < -0.4 is 10.6 Å². The van der Waals surface area contributed by atoms with E-state index in [4.69, 9.17) is 10.5 Å². The van der Waals surface area contributed by atoms with Crippen molar-refractivity contribution in [2.24, 2.45) is 5.41 Å². The fourth-order valence-corrected chi connectivity index (χ4v) is 4.49. The predicted molar refractivity (Wildman–Crippen MR) is 102 cm³/mol. The average molecular weight is 373 g/mol. The molecule has 0 saturated carbocycles. The van der Waals surface area contributed by atoms with E-state index in [0.717, 1.165) is 63.2 Å². The molecule has 2 fully saturated rings. The zero-order valence-electron chi connectivity index (χ0n) is 15.8. The number of likely N-dealkylation sites (tertiary alicyclic amines) is 1. The average Bonchev–Trinajstić information content (AvgIpc) is 3.13. The summed E-state index contributed by atoms with van der Waals surface area (Å²) >= 11 is 0. The van der Waals surface area contributed by atoms with Crippen molar-refractivity contribution in [3.63, 3.8) is 0 Å². The van der Waals surface area contributed by atoms with Gasteiger partial charge in [0.1, 0.15) is 5.52 Å². The number of hydrogen-bond donors (Lipinski definition) is 2. The molecular formula is C18H27N7O2. The van der Waals surface area contributed by atoms with Crippen LogP contribution in [0, 0.1) is 5.41 Å². The largest absolute Gasteiger partial charge is 0.385 e. The molecule has 1 atom stereocenters. The molecule has 9 heteroatoms. The molecular weight excluding hydrogens is 346 g/mol. The van der Waals surface area contributed by atoms with Gasteiger partial charge in [0.2, 0.25) is 11.9 Å². The fraction of sp³-hybridized carbons (Fsp3) is 0.667. The van der Waals surface area contributed by atoms with Gasteiger partial charge in [0, 0.05) is 51.7 Å². The van der Waals surface area contributed by atoms with E-state index in [1.165, 1.54) is 0 Å². The number of piperidine rings is 2. The Morgan fingerprint density at radius 2 is 2.22 bits per heavy atom. The molecule has 2 aliphatic heterocycles. The summed E-state index contributed by atoms with van der Waals surface area (Å²) in [5, 5.41) is 0. The highest BCUT2D eigenvalue weighted by atomic mass is 16.5. The molecule has 2 aromatic rings. The number of nitrogens with one attached hydrogen (secondary N) is 1. The topological polar surface area (TPSA) is 113 Å². The Hall–Kier alpha value is -2.42. The van der Waals surface area contributed by atoms with Crippen LogP contribution in [0.4, 0.5) is 11.8 Å². The first kappa shape index (κ1) is 18.0. The molecule has 9 nitrogen and oxygen atoms in total. The number of imidazole rings is 1. The van der Waals surface area contributed by atoms with E-state index in [9.17, 15) is 4.79 Å². The summed E-state index contributed by atoms with van der Waals surface area (Å²) in [5.74, 6) is 1.32. The number of anilines is 2. The minimum Gasteiger partial charge on any atom is -0.385 e. The lowest BCUT2D eigenvalue weighted by molar-refractivity contribution is -0.138. The summed E-state index contributed by atoms with van der Waals surface area (Å²) in [6.07, 6.45) is 6.24. The van der Waals surface area contributed by atoms with Gasteiger partial charge in [-0.3, -0.25) is 4.79 Å². The Balaban J connectivity index is 1.55. The van der Waals surface area contributed by atoms with E-state index < -0.39 is 0 Å². The van der Waals surface area contributed by atoms with Crippen molar-refractivity contribution < 1.29 is 9.53 Å². The van der Waals surface area contributed by atoms with Crippen LogP contribution >= 0.6 is 0 Å². The van der Waals surface area contributed by atoms with Crippen LogP contribution in [0.2, 0.25) is 0 Å². The van der Waals surface area contributed by atoms with Crippen molar-refractivity contribution in [3.8, 4) is 0 Å². The molecule has 0 bridgehead atoms. The van der Waals surface area contributed by atoms with E-state index >= 15 is 0 Å². The number of fused-ring (bicyclic) bond motifs is 1. The number of hydrogen-bond acceptors (Lipinski definition) is 7. The van der Waals surface area contributed by atoms with E-state index in [0.29, 0.717) is 18.7 Å². The molecule has 4 rings (SSSR count). The third-order valence-electron chi connectivity index (χ3n) is 5.77. The number of methoxy groups -OCH3 is 1. The summed E-state index contributed by atoms with van der Waals surface area (Å²) in [5.41, 5.74) is 7.42. The van der Waals surface area contributed by atoms with Gasteiger partial charge in [0.15, 0.2) is 11.5 Å². The van der Waals surface area contributed by atoms with Crippen molar-refractivity contribution in [1.29, 1.82) is 0 Å². The summed E-state index contributed by atoms with van der Waals surface area (Å²) in [6, 6.07) is 0. The highest BCUT2D eigenvalue weighted by Gasteiger charge is 2.42. The zero-order valence-corrected chi connectivity index (χ0v) is 15.8. The van der Waals surface area contributed by atoms with Crippen LogP contribution in [0.5, 0.6) is 0 Å². The van der Waals surface area contributed by atoms with Gasteiger partial charge < -0.3 is 25.3 Å². The standard InChI is InChI=1S/C18H27N7O2/c1-27-9-3-8-24-10-18(6-4-13(24)26)5-2-7-25(11-18)16-14-15(21-12-20-14)22-17(19)23-16/h12H,2-11H2,1H3,(H3,19,20,21,22,23). The molecule has 2 aliphatic rings. The van der Waals surface area contributed by atoms with Crippen LogP contribution in [-0.4, -0.2) is 70.6 Å². The summed E-state index contributed by atoms with van der Waals surface area (Å²) in [7, 11) is 1.70. The van der Waals surface area contributed by atoms with Crippen LogP contribution in [0.15, 0.2) is 6.33 Å². The second-order valence-electron chi connectivity index (χ2n) is 7.69. The summed E-state index contributed by atoms with van der Waals surface area (Å²) < 4.78 is 5.14.